The Morgan fingerprint density at radius 3 is 2.70 bits per heavy atom. The van der Waals surface area contributed by atoms with Crippen LogP contribution >= 0.6 is 11.6 Å². The molecule has 2 rings (SSSR count). The second-order valence-corrected chi connectivity index (χ2v) is 5.09. The number of hydrogen-bond acceptors (Lipinski definition) is 4. The van der Waals surface area contributed by atoms with Gasteiger partial charge in [0.2, 0.25) is 0 Å². The molecule has 1 aromatic carbocycles. The summed E-state index contributed by atoms with van der Waals surface area (Å²) in [6, 6.07) is 6.64. The molecular weight excluding hydrogens is 322 g/mol. The van der Waals surface area contributed by atoms with Crippen LogP contribution in [-0.4, -0.2) is 30.5 Å². The van der Waals surface area contributed by atoms with Crippen LogP contribution in [0.3, 0.4) is 0 Å². The monoisotopic (exact) mass is 337 g/mol. The summed E-state index contributed by atoms with van der Waals surface area (Å²) >= 11 is 5.76. The summed E-state index contributed by atoms with van der Waals surface area (Å²) in [5.41, 5.74) is 6.22. The zero-order chi connectivity index (χ0) is 16.8. The van der Waals surface area contributed by atoms with E-state index < -0.39 is 5.91 Å². The Kier molecular flexibility index (Phi) is 5.48. The fraction of sp³-hybridized carbons (Fsp3) is 0.200. The number of aromatic amines is 1. The molecule has 0 radical (unpaired) electrons. The van der Waals surface area contributed by atoms with Gasteiger partial charge >= 0.3 is 0 Å². The van der Waals surface area contributed by atoms with Gasteiger partial charge in [0, 0.05) is 12.7 Å². The Morgan fingerprint density at radius 2 is 2.09 bits per heavy atom. The lowest BCUT2D eigenvalue weighted by molar-refractivity contribution is -0.119. The van der Waals surface area contributed by atoms with E-state index in [0.717, 1.165) is 5.56 Å². The predicted molar refractivity (Wildman–Crippen MR) is 84.7 cm³/mol. The van der Waals surface area contributed by atoms with Crippen LogP contribution in [-0.2, 0) is 11.3 Å². The lowest BCUT2D eigenvalue weighted by Crippen LogP contribution is -2.23. The van der Waals surface area contributed by atoms with E-state index in [4.69, 9.17) is 26.8 Å². The topological polar surface area (TPSA) is 106 Å². The molecule has 0 fully saturated rings. The quantitative estimate of drug-likeness (QED) is 0.711. The zero-order valence-corrected chi connectivity index (χ0v) is 13.1. The molecule has 2 aromatic rings. The van der Waals surface area contributed by atoms with Gasteiger partial charge in [0.15, 0.2) is 18.1 Å². The number of H-pyrrole nitrogens is 1. The molecule has 1 aromatic heterocycles. The zero-order valence-electron chi connectivity index (χ0n) is 12.4. The van der Waals surface area contributed by atoms with Gasteiger partial charge in [-0.15, -0.1) is 0 Å². The van der Waals surface area contributed by atoms with Gasteiger partial charge < -0.3 is 25.5 Å². The number of halogens is 1. The number of rotatable bonds is 7. The largest absolute Gasteiger partial charge is 0.493 e. The van der Waals surface area contributed by atoms with Gasteiger partial charge in [-0.05, 0) is 23.8 Å². The smallest absolute Gasteiger partial charge is 0.268 e. The average molecular weight is 338 g/mol. The Bertz CT molecular complexity index is 714. The summed E-state index contributed by atoms with van der Waals surface area (Å²) in [6.45, 7) is 0.0575. The van der Waals surface area contributed by atoms with Crippen molar-refractivity contribution in [2.75, 3.05) is 13.7 Å². The second kappa shape index (κ2) is 7.55. The maximum Gasteiger partial charge on any atom is 0.268 e. The lowest BCUT2D eigenvalue weighted by Gasteiger charge is -2.11. The molecule has 0 aliphatic rings. The minimum atomic E-state index is -0.576. The molecule has 0 aliphatic heterocycles. The maximum absolute atomic E-state index is 11.9. The highest BCUT2D eigenvalue weighted by Crippen LogP contribution is 2.28. The van der Waals surface area contributed by atoms with Crippen molar-refractivity contribution in [2.24, 2.45) is 5.73 Å². The summed E-state index contributed by atoms with van der Waals surface area (Å²) in [6.07, 6.45) is 1.53. The first-order chi connectivity index (χ1) is 11.0. The summed E-state index contributed by atoms with van der Waals surface area (Å²) in [4.78, 5) is 25.4. The molecule has 0 unspecified atom stereocenters. The molecule has 122 valence electrons. The van der Waals surface area contributed by atoms with Crippen LogP contribution in [0.25, 0.3) is 0 Å². The number of primary amides is 1. The number of methoxy groups -OCH3 is 1. The van der Waals surface area contributed by atoms with Gasteiger partial charge in [-0.2, -0.15) is 0 Å². The minimum absolute atomic E-state index is 0.236. The van der Waals surface area contributed by atoms with E-state index in [0.29, 0.717) is 28.8 Å². The van der Waals surface area contributed by atoms with Crippen LogP contribution in [0.15, 0.2) is 30.5 Å². The second-order valence-electron chi connectivity index (χ2n) is 4.65. The number of amides is 2. The average Bonchev–Trinajstić information content (AvgIpc) is 2.97. The molecule has 1 heterocycles. The Labute approximate surface area is 137 Å². The van der Waals surface area contributed by atoms with Crippen molar-refractivity contribution in [2.45, 2.75) is 6.54 Å². The molecular formula is C15H16ClN3O4. The van der Waals surface area contributed by atoms with Crippen molar-refractivity contribution in [1.82, 2.24) is 10.3 Å². The lowest BCUT2D eigenvalue weighted by atomic mass is 10.2. The first kappa shape index (κ1) is 16.7. The first-order valence-electron chi connectivity index (χ1n) is 6.69. The number of carbonyl (C=O) groups is 2. The number of nitrogens with one attached hydrogen (secondary N) is 2. The highest BCUT2D eigenvalue weighted by molar-refractivity contribution is 6.30. The van der Waals surface area contributed by atoms with Crippen LogP contribution in [0.5, 0.6) is 11.5 Å². The van der Waals surface area contributed by atoms with Crippen LogP contribution in [0.4, 0.5) is 0 Å². The summed E-state index contributed by atoms with van der Waals surface area (Å²) < 4.78 is 10.4. The van der Waals surface area contributed by atoms with Gasteiger partial charge in [0.05, 0.1) is 12.1 Å². The van der Waals surface area contributed by atoms with E-state index >= 15 is 0 Å². The molecule has 23 heavy (non-hydrogen) atoms. The van der Waals surface area contributed by atoms with E-state index in [-0.39, 0.29) is 12.5 Å². The molecule has 7 nitrogen and oxygen atoms in total. The maximum atomic E-state index is 11.9. The van der Waals surface area contributed by atoms with E-state index in [1.54, 1.807) is 18.2 Å². The minimum Gasteiger partial charge on any atom is -0.493 e. The number of carbonyl (C=O) groups excluding carboxylic acids is 2. The number of ether oxygens (including phenoxy) is 2. The van der Waals surface area contributed by atoms with Crippen LogP contribution in [0, 0.1) is 0 Å². The fourth-order valence-corrected chi connectivity index (χ4v) is 2.03. The fourth-order valence-electron chi connectivity index (χ4n) is 1.87. The van der Waals surface area contributed by atoms with E-state index in [1.807, 2.05) is 0 Å². The Balaban J connectivity index is 2.00. The van der Waals surface area contributed by atoms with Crippen molar-refractivity contribution in [3.63, 3.8) is 0 Å². The Hall–Kier alpha value is -2.67. The summed E-state index contributed by atoms with van der Waals surface area (Å²) in [5, 5.41) is 3.22. The summed E-state index contributed by atoms with van der Waals surface area (Å²) in [7, 11) is 1.48. The SMILES string of the molecule is COc1cc(CNC(=O)c2cc(Cl)c[nH]2)ccc1OCC(N)=O. The number of hydrogen-bond donors (Lipinski definition) is 3. The number of aromatic nitrogens is 1. The standard InChI is InChI=1S/C15H16ClN3O4/c1-22-13-4-9(2-3-12(13)23-8-14(17)20)6-19-15(21)11-5-10(16)7-18-11/h2-5,7,18H,6,8H2,1H3,(H2,17,20)(H,19,21). The van der Waals surface area contributed by atoms with Gasteiger partial charge in [-0.3, -0.25) is 9.59 Å². The molecule has 0 aliphatic carbocycles. The summed E-state index contributed by atoms with van der Waals surface area (Å²) in [5.74, 6) is -0.00336. The van der Waals surface area contributed by atoms with E-state index in [2.05, 4.69) is 10.3 Å². The molecule has 2 amide bonds. The number of nitrogens with two attached hydrogens (primary N) is 1. The van der Waals surface area contributed by atoms with Crippen molar-refractivity contribution in [1.29, 1.82) is 0 Å². The van der Waals surface area contributed by atoms with Gasteiger partial charge in [0.1, 0.15) is 5.69 Å². The molecule has 0 saturated heterocycles. The molecule has 8 heteroatoms. The molecule has 0 spiro atoms. The third-order valence-corrected chi connectivity index (χ3v) is 3.16. The van der Waals surface area contributed by atoms with Gasteiger partial charge in [-0.25, -0.2) is 0 Å². The van der Waals surface area contributed by atoms with Gasteiger partial charge in [-0.1, -0.05) is 17.7 Å². The predicted octanol–water partition coefficient (Wildman–Crippen LogP) is 1.47. The first-order valence-corrected chi connectivity index (χ1v) is 7.07. The third-order valence-electron chi connectivity index (χ3n) is 2.94. The van der Waals surface area contributed by atoms with Crippen LogP contribution < -0.4 is 20.5 Å². The highest BCUT2D eigenvalue weighted by atomic mass is 35.5. The van der Waals surface area contributed by atoms with E-state index in [1.165, 1.54) is 19.4 Å². The molecule has 0 saturated carbocycles. The molecule has 0 bridgehead atoms. The third kappa shape index (κ3) is 4.65. The highest BCUT2D eigenvalue weighted by Gasteiger charge is 2.10. The Morgan fingerprint density at radius 1 is 1.30 bits per heavy atom. The number of benzene rings is 1. The normalized spacial score (nSPS) is 10.2. The molecule has 0 atom stereocenters. The van der Waals surface area contributed by atoms with Crippen molar-refractivity contribution >= 4 is 23.4 Å². The van der Waals surface area contributed by atoms with Crippen molar-refractivity contribution in [3.05, 3.63) is 46.7 Å². The van der Waals surface area contributed by atoms with Crippen LogP contribution in [0.1, 0.15) is 16.1 Å². The van der Waals surface area contributed by atoms with Crippen LogP contribution in [0.2, 0.25) is 5.02 Å². The molecule has 4 N–H and O–H groups in total. The van der Waals surface area contributed by atoms with Crippen molar-refractivity contribution < 1.29 is 19.1 Å². The van der Waals surface area contributed by atoms with Crippen molar-refractivity contribution in [3.8, 4) is 11.5 Å². The van der Waals surface area contributed by atoms with Gasteiger partial charge in [0.25, 0.3) is 11.8 Å². The van der Waals surface area contributed by atoms with E-state index in [9.17, 15) is 9.59 Å².